The van der Waals surface area contributed by atoms with Crippen LogP contribution in [0, 0.1) is 0 Å². The van der Waals surface area contributed by atoms with Gasteiger partial charge in [-0.3, -0.25) is 19.3 Å². The molecule has 0 radical (unpaired) electrons. The van der Waals surface area contributed by atoms with Gasteiger partial charge in [0.05, 0.1) is 0 Å². The van der Waals surface area contributed by atoms with Gasteiger partial charge >= 0.3 is 5.97 Å². The Bertz CT molecular complexity index is 454. The van der Waals surface area contributed by atoms with E-state index >= 15 is 0 Å². The van der Waals surface area contributed by atoms with E-state index in [1.807, 2.05) is 0 Å². The summed E-state index contributed by atoms with van der Waals surface area (Å²) in [4.78, 5) is 47.5. The van der Waals surface area contributed by atoms with Gasteiger partial charge in [0.1, 0.15) is 6.04 Å². The summed E-state index contributed by atoms with van der Waals surface area (Å²) in [5.41, 5.74) is 0. The van der Waals surface area contributed by atoms with Gasteiger partial charge in [0.15, 0.2) is 0 Å². The summed E-state index contributed by atoms with van der Waals surface area (Å²) in [6.45, 7) is 1.80. The number of carbonyl (C=O) groups is 4. The molecule has 3 amide bonds. The van der Waals surface area contributed by atoms with E-state index in [2.05, 4.69) is 0 Å². The maximum absolute atomic E-state index is 11.7. The van der Waals surface area contributed by atoms with E-state index in [9.17, 15) is 19.2 Å². The SMILES string of the molecule is C[C@@H](C(=O)O)N(C)C(=O)CCCCCN1C(=O)C=CC1=O. The first-order valence-corrected chi connectivity index (χ1v) is 6.86. The highest BCUT2D eigenvalue weighted by Gasteiger charge is 2.23. The molecule has 0 aromatic heterocycles. The van der Waals surface area contributed by atoms with Crippen LogP contribution < -0.4 is 0 Å². The second kappa shape index (κ2) is 7.56. The summed E-state index contributed by atoms with van der Waals surface area (Å²) in [5.74, 6) is -1.86. The van der Waals surface area contributed by atoms with Gasteiger partial charge in [0, 0.05) is 32.2 Å². The van der Waals surface area contributed by atoms with Gasteiger partial charge in [0.2, 0.25) is 5.91 Å². The average molecular weight is 296 g/mol. The molecule has 1 atom stereocenters. The number of rotatable bonds is 8. The molecule has 1 aliphatic rings. The van der Waals surface area contributed by atoms with Gasteiger partial charge < -0.3 is 10.0 Å². The Morgan fingerprint density at radius 1 is 1.19 bits per heavy atom. The minimum atomic E-state index is -1.04. The standard InChI is InChI=1S/C14H20N2O5/c1-10(14(20)21)15(2)11(17)6-4-3-5-9-16-12(18)7-8-13(16)19/h7-8,10H,3-6,9H2,1-2H3,(H,20,21)/t10-/m0/s1. The molecule has 0 aromatic carbocycles. The van der Waals surface area contributed by atoms with Crippen LogP contribution in [0.5, 0.6) is 0 Å². The third-order valence-electron chi connectivity index (χ3n) is 3.50. The molecule has 1 N–H and O–H groups in total. The van der Waals surface area contributed by atoms with Crippen LogP contribution in [-0.2, 0) is 19.2 Å². The van der Waals surface area contributed by atoms with Gasteiger partial charge in [-0.25, -0.2) is 4.79 Å². The molecule has 0 saturated heterocycles. The van der Waals surface area contributed by atoms with Crippen LogP contribution >= 0.6 is 0 Å². The monoisotopic (exact) mass is 296 g/mol. The minimum absolute atomic E-state index is 0.222. The highest BCUT2D eigenvalue weighted by Crippen LogP contribution is 2.09. The van der Waals surface area contributed by atoms with Crippen LogP contribution in [0.1, 0.15) is 32.6 Å². The Morgan fingerprint density at radius 3 is 2.29 bits per heavy atom. The van der Waals surface area contributed by atoms with Gasteiger partial charge in [-0.05, 0) is 19.8 Å². The first kappa shape index (κ1) is 16.9. The predicted molar refractivity (Wildman–Crippen MR) is 74.2 cm³/mol. The largest absolute Gasteiger partial charge is 0.480 e. The highest BCUT2D eigenvalue weighted by atomic mass is 16.4. The third-order valence-corrected chi connectivity index (χ3v) is 3.50. The molecule has 0 saturated carbocycles. The minimum Gasteiger partial charge on any atom is -0.480 e. The molecule has 0 unspecified atom stereocenters. The number of carboxylic acid groups (broad SMARTS) is 1. The van der Waals surface area contributed by atoms with Crippen molar-refractivity contribution < 1.29 is 24.3 Å². The fourth-order valence-corrected chi connectivity index (χ4v) is 1.93. The summed E-state index contributed by atoms with van der Waals surface area (Å²) < 4.78 is 0. The number of imide groups is 1. The number of hydrogen-bond acceptors (Lipinski definition) is 4. The van der Waals surface area contributed by atoms with Crippen LogP contribution in [0.4, 0.5) is 0 Å². The zero-order chi connectivity index (χ0) is 16.0. The zero-order valence-electron chi connectivity index (χ0n) is 12.2. The fraction of sp³-hybridized carbons (Fsp3) is 0.571. The van der Waals surface area contributed by atoms with Crippen molar-refractivity contribution in [2.75, 3.05) is 13.6 Å². The van der Waals surface area contributed by atoms with Crippen LogP contribution in [0.25, 0.3) is 0 Å². The molecule has 1 heterocycles. The van der Waals surface area contributed by atoms with Crippen LogP contribution in [0.15, 0.2) is 12.2 Å². The average Bonchev–Trinajstić information content (AvgIpc) is 2.76. The van der Waals surface area contributed by atoms with E-state index in [-0.39, 0.29) is 24.1 Å². The Morgan fingerprint density at radius 2 is 1.76 bits per heavy atom. The molecule has 21 heavy (non-hydrogen) atoms. The number of likely N-dealkylation sites (N-methyl/N-ethyl adjacent to an activating group) is 1. The van der Waals surface area contributed by atoms with E-state index < -0.39 is 12.0 Å². The number of aliphatic carboxylic acids is 1. The lowest BCUT2D eigenvalue weighted by molar-refractivity contribution is -0.148. The molecular formula is C14H20N2O5. The summed E-state index contributed by atoms with van der Waals surface area (Å²) in [6, 6.07) is -0.844. The Hall–Kier alpha value is -2.18. The summed E-state index contributed by atoms with van der Waals surface area (Å²) in [6.07, 6.45) is 4.67. The topological polar surface area (TPSA) is 95.0 Å². The first-order valence-electron chi connectivity index (χ1n) is 6.86. The van der Waals surface area contributed by atoms with Crippen LogP contribution in [0.3, 0.4) is 0 Å². The van der Waals surface area contributed by atoms with Crippen LogP contribution in [-0.4, -0.2) is 58.2 Å². The van der Waals surface area contributed by atoms with Crippen molar-refractivity contribution in [1.82, 2.24) is 9.80 Å². The van der Waals surface area contributed by atoms with Crippen molar-refractivity contribution in [3.05, 3.63) is 12.2 Å². The third kappa shape index (κ3) is 4.70. The normalized spacial score (nSPS) is 15.4. The second-order valence-electron chi connectivity index (χ2n) is 4.99. The lowest BCUT2D eigenvalue weighted by Gasteiger charge is -2.21. The predicted octanol–water partition coefficient (Wildman–Crippen LogP) is 0.403. The Balaban J connectivity index is 2.19. The summed E-state index contributed by atoms with van der Waals surface area (Å²) >= 11 is 0. The molecular weight excluding hydrogens is 276 g/mol. The summed E-state index contributed by atoms with van der Waals surface area (Å²) in [5, 5.41) is 8.81. The molecule has 0 aliphatic carbocycles. The maximum Gasteiger partial charge on any atom is 0.326 e. The number of carboxylic acids is 1. The van der Waals surface area contributed by atoms with Crippen molar-refractivity contribution in [2.45, 2.75) is 38.6 Å². The van der Waals surface area contributed by atoms with Gasteiger partial charge in [-0.15, -0.1) is 0 Å². The van der Waals surface area contributed by atoms with Gasteiger partial charge in [-0.2, -0.15) is 0 Å². The number of amides is 3. The van der Waals surface area contributed by atoms with Crippen molar-refractivity contribution >= 4 is 23.7 Å². The fourth-order valence-electron chi connectivity index (χ4n) is 1.93. The lowest BCUT2D eigenvalue weighted by atomic mass is 10.1. The quantitative estimate of drug-likeness (QED) is 0.517. The highest BCUT2D eigenvalue weighted by molar-refractivity contribution is 6.12. The molecule has 7 heteroatoms. The van der Waals surface area contributed by atoms with Gasteiger partial charge in [0.25, 0.3) is 11.8 Å². The number of unbranched alkanes of at least 4 members (excludes halogenated alkanes) is 2. The van der Waals surface area contributed by atoms with Crippen LogP contribution in [0.2, 0.25) is 0 Å². The first-order chi connectivity index (χ1) is 9.84. The smallest absolute Gasteiger partial charge is 0.326 e. The summed E-state index contributed by atoms with van der Waals surface area (Å²) in [7, 11) is 1.47. The Labute approximate surface area is 123 Å². The van der Waals surface area contributed by atoms with Crippen molar-refractivity contribution in [3.8, 4) is 0 Å². The molecule has 7 nitrogen and oxygen atoms in total. The van der Waals surface area contributed by atoms with Crippen molar-refractivity contribution in [2.24, 2.45) is 0 Å². The van der Waals surface area contributed by atoms with Crippen molar-refractivity contribution in [3.63, 3.8) is 0 Å². The molecule has 0 spiro atoms. The zero-order valence-corrected chi connectivity index (χ0v) is 12.2. The number of nitrogens with zero attached hydrogens (tertiary/aromatic N) is 2. The molecule has 1 rings (SSSR count). The number of hydrogen-bond donors (Lipinski definition) is 1. The van der Waals surface area contributed by atoms with E-state index in [4.69, 9.17) is 5.11 Å². The van der Waals surface area contributed by atoms with E-state index in [0.29, 0.717) is 25.8 Å². The molecule has 0 aromatic rings. The van der Waals surface area contributed by atoms with Gasteiger partial charge in [-0.1, -0.05) is 6.42 Å². The van der Waals surface area contributed by atoms with Crippen molar-refractivity contribution in [1.29, 1.82) is 0 Å². The number of carbonyl (C=O) groups excluding carboxylic acids is 3. The molecule has 116 valence electrons. The van der Waals surface area contributed by atoms with E-state index in [0.717, 1.165) is 0 Å². The molecule has 0 bridgehead atoms. The second-order valence-corrected chi connectivity index (χ2v) is 4.99. The lowest BCUT2D eigenvalue weighted by Crippen LogP contribution is -2.40. The Kier molecular flexibility index (Phi) is 6.08. The molecule has 1 aliphatic heterocycles. The maximum atomic E-state index is 11.7. The molecule has 0 fully saturated rings. The van der Waals surface area contributed by atoms with E-state index in [1.54, 1.807) is 0 Å². The van der Waals surface area contributed by atoms with E-state index in [1.165, 1.54) is 35.9 Å².